The van der Waals surface area contributed by atoms with E-state index in [4.69, 9.17) is 5.14 Å². The Hall–Kier alpha value is -2.23. The number of likely N-dealkylation sites (tertiary alicyclic amines) is 1. The van der Waals surface area contributed by atoms with Crippen LogP contribution >= 0.6 is 11.9 Å². The van der Waals surface area contributed by atoms with Crippen molar-refractivity contribution in [3.8, 4) is 5.75 Å². The Morgan fingerprint density at radius 3 is 2.77 bits per heavy atom. The Kier molecular flexibility index (Phi) is 9.48. The van der Waals surface area contributed by atoms with Gasteiger partial charge in [0, 0.05) is 24.5 Å². The summed E-state index contributed by atoms with van der Waals surface area (Å²) < 4.78 is 29.3. The second-order valence-corrected chi connectivity index (χ2v) is 7.83. The van der Waals surface area contributed by atoms with Gasteiger partial charge in [0.1, 0.15) is 5.03 Å². The third-order valence-electron chi connectivity index (χ3n) is 4.81. The van der Waals surface area contributed by atoms with Crippen LogP contribution in [0.5, 0.6) is 5.75 Å². The van der Waals surface area contributed by atoms with Crippen LogP contribution < -0.4 is 15.2 Å². The third-order valence-corrected chi connectivity index (χ3v) is 5.28. The fraction of sp³-hybridized carbons (Fsp3) is 0.429. The average Bonchev–Trinajstić information content (AvgIpc) is 2.76. The second kappa shape index (κ2) is 11.8. The molecular weight excluding hydrogens is 410 g/mol. The number of hydrogen-bond donors (Lipinski definition) is 2. The molecule has 1 unspecified atom stereocenters. The minimum Gasteiger partial charge on any atom is -0.494 e. The van der Waals surface area contributed by atoms with Crippen LogP contribution in [-0.2, 0) is 4.79 Å². The molecule has 3 rings (SSSR count). The summed E-state index contributed by atoms with van der Waals surface area (Å²) in [6.45, 7) is 6.28. The van der Waals surface area contributed by atoms with Gasteiger partial charge >= 0.3 is 0 Å². The summed E-state index contributed by atoms with van der Waals surface area (Å²) in [6.07, 6.45) is 3.70. The Labute approximate surface area is 180 Å². The van der Waals surface area contributed by atoms with E-state index in [0.29, 0.717) is 11.1 Å². The first-order valence-electron chi connectivity index (χ1n) is 9.71. The Morgan fingerprint density at radius 1 is 1.37 bits per heavy atom. The first-order chi connectivity index (χ1) is 14.3. The number of nitrogens with two attached hydrogens (primary N) is 1. The van der Waals surface area contributed by atoms with E-state index in [0.717, 1.165) is 49.6 Å². The SMILES string of the molecule is CC(C)N1CCCC(C(=O)Nc2ccnc(SN)c2)C1.COc1cccc(F)c1F. The van der Waals surface area contributed by atoms with Crippen LogP contribution in [0.3, 0.4) is 0 Å². The summed E-state index contributed by atoms with van der Waals surface area (Å²) in [4.78, 5) is 18.8. The number of hydrogen-bond acceptors (Lipinski definition) is 6. The van der Waals surface area contributed by atoms with E-state index in [1.165, 1.54) is 19.2 Å². The van der Waals surface area contributed by atoms with E-state index in [1.54, 1.807) is 18.3 Å². The number of aromatic nitrogens is 1. The van der Waals surface area contributed by atoms with Crippen molar-refractivity contribution >= 4 is 23.5 Å². The maximum atomic E-state index is 12.5. The molecule has 0 saturated carbocycles. The van der Waals surface area contributed by atoms with Crippen molar-refractivity contribution in [1.82, 2.24) is 9.88 Å². The largest absolute Gasteiger partial charge is 0.494 e. The van der Waals surface area contributed by atoms with Gasteiger partial charge < -0.3 is 15.0 Å². The van der Waals surface area contributed by atoms with E-state index in [9.17, 15) is 13.6 Å². The molecule has 164 valence electrons. The number of halogens is 2. The predicted molar refractivity (Wildman–Crippen MR) is 115 cm³/mol. The number of amides is 1. The molecule has 9 heteroatoms. The number of piperidine rings is 1. The number of pyridine rings is 1. The van der Waals surface area contributed by atoms with Gasteiger partial charge in [-0.3, -0.25) is 9.93 Å². The highest BCUT2D eigenvalue weighted by atomic mass is 32.2. The quantitative estimate of drug-likeness (QED) is 0.685. The van der Waals surface area contributed by atoms with Gasteiger partial charge in [-0.15, -0.1) is 0 Å². The number of carbonyl (C=O) groups excluding carboxylic acids is 1. The van der Waals surface area contributed by atoms with Crippen molar-refractivity contribution in [3.63, 3.8) is 0 Å². The number of carbonyl (C=O) groups is 1. The van der Waals surface area contributed by atoms with Gasteiger partial charge in [-0.05, 0) is 69.4 Å². The second-order valence-electron chi connectivity index (χ2n) is 7.17. The lowest BCUT2D eigenvalue weighted by atomic mass is 9.96. The van der Waals surface area contributed by atoms with E-state index in [2.05, 4.69) is 33.8 Å². The number of benzene rings is 1. The zero-order valence-corrected chi connectivity index (χ0v) is 18.2. The molecule has 1 aliphatic rings. The number of nitrogens with one attached hydrogen (secondary N) is 1. The Balaban J connectivity index is 0.000000269. The van der Waals surface area contributed by atoms with E-state index in [-0.39, 0.29) is 17.6 Å². The molecule has 3 N–H and O–H groups in total. The van der Waals surface area contributed by atoms with Gasteiger partial charge in [-0.1, -0.05) is 6.07 Å². The van der Waals surface area contributed by atoms with Crippen LogP contribution in [-0.4, -0.2) is 42.0 Å². The smallest absolute Gasteiger partial charge is 0.228 e. The van der Waals surface area contributed by atoms with E-state index in [1.807, 2.05) is 0 Å². The number of rotatable bonds is 5. The Bertz CT molecular complexity index is 838. The fourth-order valence-corrected chi connectivity index (χ4v) is 3.44. The molecule has 1 amide bonds. The summed E-state index contributed by atoms with van der Waals surface area (Å²) in [5.41, 5.74) is 0.764. The normalized spacial score (nSPS) is 16.6. The van der Waals surface area contributed by atoms with Crippen LogP contribution in [0.2, 0.25) is 0 Å². The molecule has 30 heavy (non-hydrogen) atoms. The van der Waals surface area contributed by atoms with Crippen molar-refractivity contribution in [3.05, 3.63) is 48.2 Å². The van der Waals surface area contributed by atoms with Gasteiger partial charge in [0.25, 0.3) is 0 Å². The first kappa shape index (κ1) is 24.0. The van der Waals surface area contributed by atoms with Gasteiger partial charge in [-0.25, -0.2) is 9.37 Å². The summed E-state index contributed by atoms with van der Waals surface area (Å²) >= 11 is 1.08. The van der Waals surface area contributed by atoms with Gasteiger partial charge in [0.05, 0.1) is 13.0 Å². The maximum Gasteiger partial charge on any atom is 0.228 e. The highest BCUT2D eigenvalue weighted by Gasteiger charge is 2.27. The number of nitrogens with zero attached hydrogens (tertiary/aromatic N) is 2. The van der Waals surface area contributed by atoms with Crippen molar-refractivity contribution < 1.29 is 18.3 Å². The fourth-order valence-electron chi connectivity index (χ4n) is 3.13. The van der Waals surface area contributed by atoms with Crippen molar-refractivity contribution in [1.29, 1.82) is 0 Å². The predicted octanol–water partition coefficient (Wildman–Crippen LogP) is 4.08. The van der Waals surface area contributed by atoms with Gasteiger partial charge in [-0.2, -0.15) is 4.39 Å². The third kappa shape index (κ3) is 6.93. The van der Waals surface area contributed by atoms with Crippen molar-refractivity contribution in [2.24, 2.45) is 11.1 Å². The van der Waals surface area contributed by atoms with Crippen LogP contribution in [0.4, 0.5) is 14.5 Å². The van der Waals surface area contributed by atoms with Crippen LogP contribution in [0, 0.1) is 17.6 Å². The van der Waals surface area contributed by atoms with E-state index >= 15 is 0 Å². The van der Waals surface area contributed by atoms with E-state index < -0.39 is 11.6 Å². The summed E-state index contributed by atoms with van der Waals surface area (Å²) in [5.74, 6) is -1.74. The topological polar surface area (TPSA) is 80.5 Å². The zero-order chi connectivity index (χ0) is 22.1. The molecule has 0 radical (unpaired) electrons. The lowest BCUT2D eigenvalue weighted by Crippen LogP contribution is -2.43. The monoisotopic (exact) mass is 438 g/mol. The summed E-state index contributed by atoms with van der Waals surface area (Å²) in [7, 11) is 1.29. The zero-order valence-electron chi connectivity index (χ0n) is 17.4. The molecule has 1 aromatic carbocycles. The lowest BCUT2D eigenvalue weighted by Gasteiger charge is -2.34. The molecule has 0 aliphatic carbocycles. The van der Waals surface area contributed by atoms with Gasteiger partial charge in [0.15, 0.2) is 11.6 Å². The lowest BCUT2D eigenvalue weighted by molar-refractivity contribution is -0.121. The standard InChI is InChI=1S/C14H22N4OS.C7H6F2O/c1-10(2)18-7-3-4-11(9-18)14(19)17-12-5-6-16-13(8-12)20-15;1-10-6-4-2-3-5(8)7(6)9/h5-6,8,10-11H,3-4,7,9,15H2,1-2H3,(H,16,17,19);2-4H,1H3. The number of methoxy groups -OCH3 is 1. The average molecular weight is 439 g/mol. The van der Waals surface area contributed by atoms with Crippen molar-refractivity contribution in [2.45, 2.75) is 37.8 Å². The highest BCUT2D eigenvalue weighted by Crippen LogP contribution is 2.21. The van der Waals surface area contributed by atoms with Crippen LogP contribution in [0.15, 0.2) is 41.6 Å². The molecule has 1 aliphatic heterocycles. The number of ether oxygens (including phenoxy) is 1. The molecule has 1 aromatic heterocycles. The molecule has 0 bridgehead atoms. The minimum absolute atomic E-state index is 0.0632. The van der Waals surface area contributed by atoms with Crippen molar-refractivity contribution in [2.75, 3.05) is 25.5 Å². The minimum atomic E-state index is -0.940. The number of anilines is 1. The molecule has 0 spiro atoms. The molecule has 1 atom stereocenters. The summed E-state index contributed by atoms with van der Waals surface area (Å²) in [6, 6.07) is 7.87. The molecule has 1 fully saturated rings. The van der Waals surface area contributed by atoms with Crippen LogP contribution in [0.25, 0.3) is 0 Å². The maximum absolute atomic E-state index is 12.5. The first-order valence-corrected chi connectivity index (χ1v) is 10.6. The molecular formula is C21H28F2N4O2S. The van der Waals surface area contributed by atoms with Crippen LogP contribution in [0.1, 0.15) is 26.7 Å². The Morgan fingerprint density at radius 2 is 2.13 bits per heavy atom. The summed E-state index contributed by atoms with van der Waals surface area (Å²) in [5, 5.41) is 9.15. The molecule has 2 heterocycles. The highest BCUT2D eigenvalue weighted by molar-refractivity contribution is 7.97. The molecule has 6 nitrogen and oxygen atoms in total. The molecule has 1 saturated heterocycles. The van der Waals surface area contributed by atoms with Gasteiger partial charge in [0.2, 0.25) is 11.7 Å². The molecule has 2 aromatic rings.